The Bertz CT molecular complexity index is 630. The highest BCUT2D eigenvalue weighted by Gasteiger charge is 2.38. The molecule has 0 spiro atoms. The fraction of sp³-hybridized carbons (Fsp3) is 0.417. The number of methoxy groups -OCH3 is 1. The molecular weight excluding hydrogens is 282 g/mol. The van der Waals surface area contributed by atoms with E-state index in [0.717, 1.165) is 4.31 Å². The number of ether oxygens (including phenoxy) is 1. The largest absolute Gasteiger partial charge is 0.495 e. The minimum Gasteiger partial charge on any atom is -0.495 e. The van der Waals surface area contributed by atoms with Gasteiger partial charge in [-0.3, -0.25) is 4.79 Å². The van der Waals surface area contributed by atoms with Crippen LogP contribution in [0.3, 0.4) is 0 Å². The number of sulfonamides is 1. The van der Waals surface area contributed by atoms with Crippen molar-refractivity contribution in [3.63, 3.8) is 0 Å². The van der Waals surface area contributed by atoms with Crippen molar-refractivity contribution in [2.75, 3.05) is 19.4 Å². The van der Waals surface area contributed by atoms with E-state index in [-0.39, 0.29) is 17.1 Å². The molecule has 1 aliphatic rings. The van der Waals surface area contributed by atoms with Crippen LogP contribution in [0.1, 0.15) is 12.8 Å². The molecule has 1 heterocycles. The first-order valence-electron chi connectivity index (χ1n) is 6.12. The van der Waals surface area contributed by atoms with Gasteiger partial charge >= 0.3 is 0 Å². The van der Waals surface area contributed by atoms with Crippen molar-refractivity contribution in [2.24, 2.45) is 5.73 Å². The van der Waals surface area contributed by atoms with E-state index in [1.165, 1.54) is 25.3 Å². The topological polar surface area (TPSA) is 116 Å². The van der Waals surface area contributed by atoms with Crippen LogP contribution < -0.4 is 16.2 Å². The number of benzene rings is 1. The Kier molecular flexibility index (Phi) is 3.87. The van der Waals surface area contributed by atoms with Crippen molar-refractivity contribution in [3.8, 4) is 5.75 Å². The van der Waals surface area contributed by atoms with Crippen LogP contribution in [0.5, 0.6) is 5.75 Å². The van der Waals surface area contributed by atoms with E-state index in [1.807, 2.05) is 0 Å². The SMILES string of the molecule is COc1ccc(S(=O)(=O)N2CCCC2C(N)=O)cc1N. The van der Waals surface area contributed by atoms with E-state index < -0.39 is 22.0 Å². The van der Waals surface area contributed by atoms with Crippen molar-refractivity contribution in [3.05, 3.63) is 18.2 Å². The van der Waals surface area contributed by atoms with E-state index in [2.05, 4.69) is 0 Å². The summed E-state index contributed by atoms with van der Waals surface area (Å²) in [6, 6.07) is 3.42. The lowest BCUT2D eigenvalue weighted by Crippen LogP contribution is -2.43. The number of amides is 1. The highest BCUT2D eigenvalue weighted by Crippen LogP contribution is 2.30. The molecule has 1 fully saturated rings. The van der Waals surface area contributed by atoms with Gasteiger partial charge < -0.3 is 16.2 Å². The first kappa shape index (κ1) is 14.6. The number of rotatable bonds is 4. The summed E-state index contributed by atoms with van der Waals surface area (Å²) in [5, 5.41) is 0. The van der Waals surface area contributed by atoms with Crippen molar-refractivity contribution in [2.45, 2.75) is 23.8 Å². The molecule has 1 saturated heterocycles. The predicted octanol–water partition coefficient (Wildman–Crippen LogP) is -0.0842. The van der Waals surface area contributed by atoms with Gasteiger partial charge in [0, 0.05) is 6.54 Å². The van der Waals surface area contributed by atoms with Gasteiger partial charge in [-0.15, -0.1) is 0 Å². The zero-order valence-electron chi connectivity index (χ0n) is 11.1. The van der Waals surface area contributed by atoms with Crippen molar-refractivity contribution < 1.29 is 17.9 Å². The summed E-state index contributed by atoms with van der Waals surface area (Å²) in [4.78, 5) is 11.4. The standard InChI is InChI=1S/C12H17N3O4S/c1-19-11-5-4-8(7-9(11)13)20(17,18)15-6-2-3-10(15)12(14)16/h4-5,7,10H,2-3,6,13H2,1H3,(H2,14,16). The van der Waals surface area contributed by atoms with E-state index in [0.29, 0.717) is 18.6 Å². The Morgan fingerprint density at radius 1 is 1.45 bits per heavy atom. The van der Waals surface area contributed by atoms with Gasteiger partial charge in [-0.05, 0) is 31.0 Å². The lowest BCUT2D eigenvalue weighted by molar-refractivity contribution is -0.121. The van der Waals surface area contributed by atoms with Crippen molar-refractivity contribution >= 4 is 21.6 Å². The Balaban J connectivity index is 2.40. The maximum atomic E-state index is 12.5. The molecule has 0 bridgehead atoms. The number of carbonyl (C=O) groups excluding carboxylic acids is 1. The van der Waals surface area contributed by atoms with Gasteiger partial charge in [-0.1, -0.05) is 0 Å². The molecule has 1 aromatic carbocycles. The zero-order chi connectivity index (χ0) is 14.9. The average molecular weight is 299 g/mol. The minimum absolute atomic E-state index is 0.0314. The van der Waals surface area contributed by atoms with E-state index in [4.69, 9.17) is 16.2 Å². The summed E-state index contributed by atoms with van der Waals surface area (Å²) in [5.74, 6) is -0.232. The zero-order valence-corrected chi connectivity index (χ0v) is 11.9. The third kappa shape index (κ3) is 2.44. The number of hydrogen-bond donors (Lipinski definition) is 2. The van der Waals surface area contributed by atoms with Gasteiger partial charge in [0.1, 0.15) is 11.8 Å². The van der Waals surface area contributed by atoms with Crippen LogP contribution >= 0.6 is 0 Å². The summed E-state index contributed by atoms with van der Waals surface area (Å²) < 4.78 is 31.2. The molecule has 20 heavy (non-hydrogen) atoms. The second-order valence-electron chi connectivity index (χ2n) is 4.58. The summed E-state index contributed by atoms with van der Waals surface area (Å²) in [6.45, 7) is 0.280. The molecule has 2 rings (SSSR count). The Morgan fingerprint density at radius 3 is 2.70 bits per heavy atom. The first-order valence-corrected chi connectivity index (χ1v) is 7.56. The summed E-state index contributed by atoms with van der Waals surface area (Å²) in [5.41, 5.74) is 11.2. The monoisotopic (exact) mass is 299 g/mol. The smallest absolute Gasteiger partial charge is 0.243 e. The highest BCUT2D eigenvalue weighted by atomic mass is 32.2. The van der Waals surface area contributed by atoms with Crippen LogP contribution in [0.15, 0.2) is 23.1 Å². The van der Waals surface area contributed by atoms with Crippen LogP contribution in [-0.4, -0.2) is 38.3 Å². The van der Waals surface area contributed by atoms with Crippen LogP contribution in [0.4, 0.5) is 5.69 Å². The molecule has 0 radical (unpaired) electrons. The highest BCUT2D eigenvalue weighted by molar-refractivity contribution is 7.89. The normalized spacial score (nSPS) is 19.9. The molecular formula is C12H17N3O4S. The number of primary amides is 1. The number of nitrogens with two attached hydrogens (primary N) is 2. The van der Waals surface area contributed by atoms with Crippen LogP contribution in [0.2, 0.25) is 0 Å². The summed E-state index contributed by atoms with van der Waals surface area (Å²) >= 11 is 0. The van der Waals surface area contributed by atoms with Crippen molar-refractivity contribution in [1.29, 1.82) is 0 Å². The van der Waals surface area contributed by atoms with Gasteiger partial charge in [0.05, 0.1) is 17.7 Å². The lowest BCUT2D eigenvalue weighted by Gasteiger charge is -2.22. The molecule has 1 aromatic rings. The molecule has 110 valence electrons. The molecule has 1 unspecified atom stereocenters. The number of anilines is 1. The van der Waals surface area contributed by atoms with Gasteiger partial charge in [0.25, 0.3) is 0 Å². The third-order valence-corrected chi connectivity index (χ3v) is 5.24. The maximum Gasteiger partial charge on any atom is 0.243 e. The molecule has 4 N–H and O–H groups in total. The lowest BCUT2D eigenvalue weighted by atomic mass is 10.2. The summed E-state index contributed by atoms with van der Waals surface area (Å²) in [6.07, 6.45) is 1.05. The molecule has 0 saturated carbocycles. The van der Waals surface area contributed by atoms with E-state index >= 15 is 0 Å². The predicted molar refractivity (Wildman–Crippen MR) is 73.5 cm³/mol. The van der Waals surface area contributed by atoms with Crippen LogP contribution in [0, 0.1) is 0 Å². The number of hydrogen-bond acceptors (Lipinski definition) is 5. The first-order chi connectivity index (χ1) is 9.37. The Morgan fingerprint density at radius 2 is 2.15 bits per heavy atom. The fourth-order valence-electron chi connectivity index (χ4n) is 2.32. The third-order valence-electron chi connectivity index (χ3n) is 3.34. The molecule has 1 amide bonds. The Labute approximate surface area is 117 Å². The second-order valence-corrected chi connectivity index (χ2v) is 6.47. The minimum atomic E-state index is -3.78. The quantitative estimate of drug-likeness (QED) is 0.754. The maximum absolute atomic E-state index is 12.5. The number of nitrogen functional groups attached to an aromatic ring is 1. The van der Waals surface area contributed by atoms with Gasteiger partial charge in [-0.25, -0.2) is 8.42 Å². The van der Waals surface area contributed by atoms with Gasteiger partial charge in [0.2, 0.25) is 15.9 Å². The van der Waals surface area contributed by atoms with Gasteiger partial charge in [-0.2, -0.15) is 4.31 Å². The van der Waals surface area contributed by atoms with E-state index in [9.17, 15) is 13.2 Å². The molecule has 0 aromatic heterocycles. The molecule has 7 nitrogen and oxygen atoms in total. The molecule has 1 aliphatic heterocycles. The van der Waals surface area contributed by atoms with Gasteiger partial charge in [0.15, 0.2) is 0 Å². The Hall–Kier alpha value is -1.80. The summed E-state index contributed by atoms with van der Waals surface area (Å²) in [7, 11) is -2.34. The van der Waals surface area contributed by atoms with Crippen LogP contribution in [-0.2, 0) is 14.8 Å². The fourth-order valence-corrected chi connectivity index (χ4v) is 4.02. The second kappa shape index (κ2) is 5.29. The molecule has 8 heteroatoms. The molecule has 1 atom stereocenters. The number of carbonyl (C=O) groups is 1. The molecule has 0 aliphatic carbocycles. The van der Waals surface area contributed by atoms with Crippen molar-refractivity contribution in [1.82, 2.24) is 4.31 Å². The number of nitrogens with zero attached hydrogens (tertiary/aromatic N) is 1. The van der Waals surface area contributed by atoms with Crippen LogP contribution in [0.25, 0.3) is 0 Å². The average Bonchev–Trinajstić information content (AvgIpc) is 2.88. The van der Waals surface area contributed by atoms with E-state index in [1.54, 1.807) is 0 Å².